The first kappa shape index (κ1) is 20.4. The van der Waals surface area contributed by atoms with Crippen LogP contribution < -0.4 is 21.3 Å². The van der Waals surface area contributed by atoms with E-state index >= 15 is 0 Å². The van der Waals surface area contributed by atoms with Crippen molar-refractivity contribution < 1.29 is 9.53 Å². The number of aromatic nitrogens is 2. The number of hydrogen-bond acceptors (Lipinski definition) is 4. The van der Waals surface area contributed by atoms with E-state index in [0.29, 0.717) is 23.9 Å². The van der Waals surface area contributed by atoms with Crippen molar-refractivity contribution in [3.05, 3.63) is 74.9 Å². The van der Waals surface area contributed by atoms with Crippen molar-refractivity contribution >= 4 is 16.8 Å². The molecule has 0 fully saturated rings. The Balaban J connectivity index is 1.89. The molecule has 0 spiro atoms. The topological polar surface area (TPSA) is 82.3 Å². The summed E-state index contributed by atoms with van der Waals surface area (Å²) in [5.41, 5.74) is 0.583. The predicted octanol–water partition coefficient (Wildman–Crippen LogP) is 2.46. The fourth-order valence-corrected chi connectivity index (χ4v) is 3.21. The Morgan fingerprint density at radius 1 is 1.10 bits per heavy atom. The van der Waals surface area contributed by atoms with Crippen molar-refractivity contribution in [1.82, 2.24) is 14.5 Å². The molecule has 2 aromatic carbocycles. The molecule has 3 rings (SSSR count). The van der Waals surface area contributed by atoms with Crippen LogP contribution >= 0.6 is 0 Å². The number of nitrogens with zero attached hydrogens (tertiary/aromatic N) is 2. The maximum absolute atomic E-state index is 13.0. The van der Waals surface area contributed by atoms with Crippen molar-refractivity contribution in [3.8, 4) is 5.75 Å². The van der Waals surface area contributed by atoms with E-state index < -0.39 is 5.69 Å². The Bertz CT molecular complexity index is 1130. The Morgan fingerprint density at radius 3 is 2.45 bits per heavy atom. The van der Waals surface area contributed by atoms with Crippen LogP contribution in [0.15, 0.2) is 58.1 Å². The fourth-order valence-electron chi connectivity index (χ4n) is 3.21. The summed E-state index contributed by atoms with van der Waals surface area (Å²) in [7, 11) is 1.59. The van der Waals surface area contributed by atoms with Crippen LogP contribution in [0.5, 0.6) is 5.75 Å². The van der Waals surface area contributed by atoms with E-state index in [1.54, 1.807) is 31.4 Å². The van der Waals surface area contributed by atoms with Crippen LogP contribution in [0, 0.1) is 0 Å². The highest BCUT2D eigenvalue weighted by Gasteiger charge is 2.17. The molecule has 29 heavy (non-hydrogen) atoms. The average Bonchev–Trinajstić information content (AvgIpc) is 2.75. The molecule has 1 N–H and O–H groups in total. The molecule has 0 aliphatic rings. The zero-order valence-corrected chi connectivity index (χ0v) is 16.8. The van der Waals surface area contributed by atoms with Gasteiger partial charge in [0.05, 0.1) is 18.0 Å². The van der Waals surface area contributed by atoms with E-state index in [4.69, 9.17) is 4.74 Å². The highest BCUT2D eigenvalue weighted by atomic mass is 16.5. The summed E-state index contributed by atoms with van der Waals surface area (Å²) in [6, 6.07) is 14.0. The van der Waals surface area contributed by atoms with Gasteiger partial charge in [-0.15, -0.1) is 0 Å². The van der Waals surface area contributed by atoms with Gasteiger partial charge in [-0.3, -0.25) is 18.7 Å². The first-order chi connectivity index (χ1) is 14.0. The van der Waals surface area contributed by atoms with Gasteiger partial charge in [-0.2, -0.15) is 0 Å². The lowest BCUT2D eigenvalue weighted by molar-refractivity contribution is -0.121. The molecule has 0 saturated carbocycles. The van der Waals surface area contributed by atoms with Gasteiger partial charge in [0.1, 0.15) is 12.3 Å². The van der Waals surface area contributed by atoms with Crippen molar-refractivity contribution in [2.45, 2.75) is 39.4 Å². The molecule has 0 unspecified atom stereocenters. The number of carbonyl (C=O) groups excluding carboxylic acids is 1. The van der Waals surface area contributed by atoms with Crippen molar-refractivity contribution in [3.63, 3.8) is 0 Å². The van der Waals surface area contributed by atoms with Gasteiger partial charge >= 0.3 is 5.69 Å². The van der Waals surface area contributed by atoms with Crippen LogP contribution in [0.4, 0.5) is 0 Å². The number of para-hydroxylation sites is 1. The number of carbonyl (C=O) groups is 1. The molecule has 152 valence electrons. The minimum atomic E-state index is -0.470. The minimum Gasteiger partial charge on any atom is -0.497 e. The third-order valence-corrected chi connectivity index (χ3v) is 5.06. The highest BCUT2D eigenvalue weighted by Crippen LogP contribution is 2.12. The number of methoxy groups -OCH3 is 1. The van der Waals surface area contributed by atoms with Crippen LogP contribution in [0.2, 0.25) is 0 Å². The second-order valence-electron chi connectivity index (χ2n) is 6.94. The normalized spacial score (nSPS) is 12.0. The van der Waals surface area contributed by atoms with Crippen LogP contribution in [0.25, 0.3) is 10.9 Å². The molecular weight excluding hydrogens is 370 g/mol. The first-order valence-electron chi connectivity index (χ1n) is 9.60. The molecule has 3 aromatic rings. The van der Waals surface area contributed by atoms with Crippen LogP contribution in [0.1, 0.15) is 31.9 Å². The molecular formula is C22H25N3O4. The lowest BCUT2D eigenvalue weighted by Crippen LogP contribution is -2.43. The van der Waals surface area contributed by atoms with Gasteiger partial charge in [0, 0.05) is 12.6 Å². The number of fused-ring (bicyclic) bond motifs is 1. The molecule has 0 saturated heterocycles. The van der Waals surface area contributed by atoms with E-state index in [-0.39, 0.29) is 24.1 Å². The Hall–Kier alpha value is -3.35. The standard InChI is InChI=1S/C22H25N3O4/c1-4-15(2)25-21(27)18-7-5-6-8-19(18)24(22(25)28)14-20(26)23-13-16-9-11-17(29-3)12-10-16/h5-12,15H,4,13-14H2,1-3H3,(H,23,26)/t15-/m0/s1. The number of nitrogens with one attached hydrogen (secondary N) is 1. The minimum absolute atomic E-state index is 0.161. The monoisotopic (exact) mass is 395 g/mol. The predicted molar refractivity (Wildman–Crippen MR) is 112 cm³/mol. The summed E-state index contributed by atoms with van der Waals surface area (Å²) >= 11 is 0. The number of rotatable bonds is 7. The summed E-state index contributed by atoms with van der Waals surface area (Å²) < 4.78 is 7.73. The van der Waals surface area contributed by atoms with Gasteiger partial charge in [0.25, 0.3) is 5.56 Å². The molecule has 1 aromatic heterocycles. The lowest BCUT2D eigenvalue weighted by Gasteiger charge is -2.17. The molecule has 0 aliphatic heterocycles. The van der Waals surface area contributed by atoms with Crippen LogP contribution in [0.3, 0.4) is 0 Å². The second kappa shape index (κ2) is 8.77. The summed E-state index contributed by atoms with van der Waals surface area (Å²) in [6.07, 6.45) is 0.636. The van der Waals surface area contributed by atoms with E-state index in [1.165, 1.54) is 9.13 Å². The van der Waals surface area contributed by atoms with E-state index in [1.807, 2.05) is 38.1 Å². The van der Waals surface area contributed by atoms with Gasteiger partial charge < -0.3 is 10.1 Å². The van der Waals surface area contributed by atoms with Gasteiger partial charge in [-0.1, -0.05) is 31.2 Å². The number of hydrogen-bond donors (Lipinski definition) is 1. The Morgan fingerprint density at radius 2 is 1.79 bits per heavy atom. The van der Waals surface area contributed by atoms with Gasteiger partial charge in [0.2, 0.25) is 5.91 Å². The number of amides is 1. The van der Waals surface area contributed by atoms with Crippen LogP contribution in [-0.2, 0) is 17.9 Å². The highest BCUT2D eigenvalue weighted by molar-refractivity contribution is 5.81. The largest absolute Gasteiger partial charge is 0.497 e. The summed E-state index contributed by atoms with van der Waals surface area (Å²) in [5.74, 6) is 0.438. The third-order valence-electron chi connectivity index (χ3n) is 5.06. The molecule has 0 aliphatic carbocycles. The lowest BCUT2D eigenvalue weighted by atomic mass is 10.2. The zero-order chi connectivity index (χ0) is 21.0. The Labute approximate surface area is 168 Å². The summed E-state index contributed by atoms with van der Waals surface area (Å²) in [6.45, 7) is 3.91. The average molecular weight is 395 g/mol. The molecule has 7 heteroatoms. The van der Waals surface area contributed by atoms with Gasteiger partial charge in [-0.05, 0) is 43.2 Å². The van der Waals surface area contributed by atoms with E-state index in [2.05, 4.69) is 5.32 Å². The molecule has 1 amide bonds. The van der Waals surface area contributed by atoms with Crippen LogP contribution in [-0.4, -0.2) is 22.2 Å². The molecule has 1 atom stereocenters. The number of ether oxygens (including phenoxy) is 1. The SMILES string of the molecule is CC[C@H](C)n1c(=O)c2ccccc2n(CC(=O)NCc2ccc(OC)cc2)c1=O. The van der Waals surface area contributed by atoms with E-state index in [0.717, 1.165) is 11.3 Å². The molecule has 1 heterocycles. The molecule has 0 radical (unpaired) electrons. The molecule has 0 bridgehead atoms. The van der Waals surface area contributed by atoms with Crippen molar-refractivity contribution in [1.29, 1.82) is 0 Å². The second-order valence-corrected chi connectivity index (χ2v) is 6.94. The summed E-state index contributed by atoms with van der Waals surface area (Å²) in [5, 5.41) is 3.25. The van der Waals surface area contributed by atoms with Crippen molar-refractivity contribution in [2.75, 3.05) is 7.11 Å². The smallest absolute Gasteiger partial charge is 0.332 e. The third kappa shape index (κ3) is 4.23. The maximum atomic E-state index is 13.0. The quantitative estimate of drug-likeness (QED) is 0.666. The first-order valence-corrected chi connectivity index (χ1v) is 9.60. The Kier molecular flexibility index (Phi) is 6.16. The fraction of sp³-hybridized carbons (Fsp3) is 0.318. The molecule has 7 nitrogen and oxygen atoms in total. The number of benzene rings is 2. The van der Waals surface area contributed by atoms with Gasteiger partial charge in [0.15, 0.2) is 0 Å². The van der Waals surface area contributed by atoms with E-state index in [9.17, 15) is 14.4 Å². The van der Waals surface area contributed by atoms with Gasteiger partial charge in [-0.25, -0.2) is 4.79 Å². The maximum Gasteiger partial charge on any atom is 0.332 e. The van der Waals surface area contributed by atoms with Crippen molar-refractivity contribution in [2.24, 2.45) is 0 Å². The summed E-state index contributed by atoms with van der Waals surface area (Å²) in [4.78, 5) is 38.4. The zero-order valence-electron chi connectivity index (χ0n) is 16.8.